The van der Waals surface area contributed by atoms with Crippen LogP contribution in [0.4, 0.5) is 0 Å². The van der Waals surface area contributed by atoms with Gasteiger partial charge in [-0.15, -0.1) is 0 Å². The molecule has 0 bridgehead atoms. The fourth-order valence-electron chi connectivity index (χ4n) is 2.93. The van der Waals surface area contributed by atoms with E-state index in [0.29, 0.717) is 29.8 Å². The summed E-state index contributed by atoms with van der Waals surface area (Å²) in [5.41, 5.74) is 2.35. The van der Waals surface area contributed by atoms with Gasteiger partial charge in [-0.05, 0) is 49.1 Å². The van der Waals surface area contributed by atoms with Gasteiger partial charge >= 0.3 is 0 Å². The highest BCUT2D eigenvalue weighted by molar-refractivity contribution is 6.30. The zero-order valence-corrected chi connectivity index (χ0v) is 13.0. The number of benzene rings is 1. The van der Waals surface area contributed by atoms with Crippen molar-refractivity contribution in [2.24, 2.45) is 11.8 Å². The second kappa shape index (κ2) is 6.35. The van der Waals surface area contributed by atoms with Crippen molar-refractivity contribution in [3.05, 3.63) is 52.3 Å². The molecular formula is C17H14ClN3O2. The zero-order chi connectivity index (χ0) is 16.4. The molecule has 0 amide bonds. The molecule has 0 radical (unpaired) electrons. The van der Waals surface area contributed by atoms with Crippen LogP contribution in [0.3, 0.4) is 0 Å². The topological polar surface area (TPSA) is 86.6 Å². The molecule has 23 heavy (non-hydrogen) atoms. The van der Waals surface area contributed by atoms with Crippen LogP contribution >= 0.6 is 11.6 Å². The lowest BCUT2D eigenvalue weighted by molar-refractivity contribution is -0.124. The molecule has 0 fully saturated rings. The quantitative estimate of drug-likeness (QED) is 0.691. The Labute approximate surface area is 138 Å². The molecule has 2 aromatic rings. The standard InChI is InChI=1S/C17H14ClN3O2/c18-13-4-1-10(2-5-13)16(22)14(8-19)17(23)11-3-6-15-12(7-11)9-20-21-15/h1-2,4-5,9,11,14H,3,6-7H2,(H,20,21). The Bertz CT molecular complexity index is 789. The second-order valence-corrected chi connectivity index (χ2v) is 6.09. The Balaban J connectivity index is 1.78. The summed E-state index contributed by atoms with van der Waals surface area (Å²) in [4.78, 5) is 25.1. The van der Waals surface area contributed by atoms with Gasteiger partial charge in [-0.25, -0.2) is 0 Å². The molecule has 1 aromatic heterocycles. The molecule has 1 aromatic carbocycles. The summed E-state index contributed by atoms with van der Waals surface area (Å²) in [6, 6.07) is 8.10. The van der Waals surface area contributed by atoms with Crippen molar-refractivity contribution in [3.8, 4) is 6.07 Å². The number of nitrogens with one attached hydrogen (secondary N) is 1. The van der Waals surface area contributed by atoms with Gasteiger partial charge in [0.15, 0.2) is 17.5 Å². The van der Waals surface area contributed by atoms with E-state index in [-0.39, 0.29) is 11.7 Å². The van der Waals surface area contributed by atoms with Crippen LogP contribution in [0.25, 0.3) is 0 Å². The van der Waals surface area contributed by atoms with E-state index in [2.05, 4.69) is 10.2 Å². The lowest BCUT2D eigenvalue weighted by atomic mass is 9.79. The van der Waals surface area contributed by atoms with Crippen LogP contribution in [0.1, 0.15) is 28.0 Å². The van der Waals surface area contributed by atoms with Crippen molar-refractivity contribution in [1.29, 1.82) is 5.26 Å². The number of aromatic nitrogens is 2. The summed E-state index contributed by atoms with van der Waals surface area (Å²) in [7, 11) is 0. The molecule has 0 aliphatic heterocycles. The molecule has 1 aliphatic carbocycles. The van der Waals surface area contributed by atoms with Gasteiger partial charge in [0, 0.05) is 22.2 Å². The first-order chi connectivity index (χ1) is 11.1. The lowest BCUT2D eigenvalue weighted by Crippen LogP contribution is -2.32. The molecule has 0 saturated carbocycles. The third kappa shape index (κ3) is 3.03. The second-order valence-electron chi connectivity index (χ2n) is 5.65. The summed E-state index contributed by atoms with van der Waals surface area (Å²) in [6.45, 7) is 0. The van der Waals surface area contributed by atoms with E-state index in [9.17, 15) is 14.9 Å². The normalized spacial score (nSPS) is 17.8. The number of halogens is 1. The van der Waals surface area contributed by atoms with Crippen LogP contribution in [0.2, 0.25) is 5.02 Å². The van der Waals surface area contributed by atoms with Gasteiger partial charge in [0.2, 0.25) is 0 Å². The molecule has 0 saturated heterocycles. The fourth-order valence-corrected chi connectivity index (χ4v) is 3.05. The van der Waals surface area contributed by atoms with Gasteiger partial charge in [0.05, 0.1) is 12.3 Å². The number of aryl methyl sites for hydroxylation is 1. The van der Waals surface area contributed by atoms with Crippen LogP contribution in [0, 0.1) is 23.2 Å². The first-order valence-corrected chi connectivity index (χ1v) is 7.72. The SMILES string of the molecule is N#CC(C(=O)c1ccc(Cl)cc1)C(=O)C1CCc2[nH]ncc2C1. The van der Waals surface area contributed by atoms with E-state index < -0.39 is 11.7 Å². The number of ketones is 2. The van der Waals surface area contributed by atoms with Crippen molar-refractivity contribution in [1.82, 2.24) is 10.2 Å². The predicted molar refractivity (Wildman–Crippen MR) is 84.0 cm³/mol. The highest BCUT2D eigenvalue weighted by atomic mass is 35.5. The predicted octanol–water partition coefficient (Wildman–Crippen LogP) is 2.76. The number of carbonyl (C=O) groups excluding carboxylic acids is 2. The maximum Gasteiger partial charge on any atom is 0.187 e. The number of rotatable bonds is 4. The Hall–Kier alpha value is -2.45. The maximum absolute atomic E-state index is 12.6. The molecule has 0 spiro atoms. The molecule has 1 N–H and O–H groups in total. The number of nitriles is 1. The third-order valence-electron chi connectivity index (χ3n) is 4.22. The van der Waals surface area contributed by atoms with E-state index in [4.69, 9.17) is 11.6 Å². The van der Waals surface area contributed by atoms with Gasteiger partial charge in [-0.1, -0.05) is 11.6 Å². The summed E-state index contributed by atoms with van der Waals surface area (Å²) >= 11 is 5.80. The molecular weight excluding hydrogens is 314 g/mol. The van der Waals surface area contributed by atoms with E-state index in [1.807, 2.05) is 6.07 Å². The Morgan fingerprint density at radius 1 is 1.35 bits per heavy atom. The minimum absolute atomic E-state index is 0.306. The summed E-state index contributed by atoms with van der Waals surface area (Å²) in [5.74, 6) is -2.36. The van der Waals surface area contributed by atoms with E-state index >= 15 is 0 Å². The smallest absolute Gasteiger partial charge is 0.187 e. The lowest BCUT2D eigenvalue weighted by Gasteiger charge is -2.22. The van der Waals surface area contributed by atoms with Gasteiger partial charge in [0.25, 0.3) is 0 Å². The molecule has 3 rings (SSSR count). The largest absolute Gasteiger partial charge is 0.297 e. The molecule has 5 nitrogen and oxygen atoms in total. The highest BCUT2D eigenvalue weighted by Crippen LogP contribution is 2.27. The average molecular weight is 328 g/mol. The highest BCUT2D eigenvalue weighted by Gasteiger charge is 2.35. The van der Waals surface area contributed by atoms with Crippen LogP contribution in [0.5, 0.6) is 0 Å². The molecule has 2 atom stereocenters. The molecule has 1 aliphatic rings. The number of nitrogens with zero attached hydrogens (tertiary/aromatic N) is 2. The summed E-state index contributed by atoms with van der Waals surface area (Å²) < 4.78 is 0. The molecule has 6 heteroatoms. The number of H-pyrrole nitrogens is 1. The van der Waals surface area contributed by atoms with Crippen molar-refractivity contribution in [3.63, 3.8) is 0 Å². The average Bonchev–Trinajstić information content (AvgIpc) is 3.03. The number of Topliss-reactive ketones (excluding diaryl/α,β-unsaturated/α-hetero) is 2. The van der Waals surface area contributed by atoms with Gasteiger partial charge in [-0.3, -0.25) is 14.7 Å². The van der Waals surface area contributed by atoms with E-state index in [1.165, 1.54) is 12.1 Å². The number of fused-ring (bicyclic) bond motifs is 1. The van der Waals surface area contributed by atoms with Crippen LogP contribution in [0.15, 0.2) is 30.5 Å². The Kier molecular flexibility index (Phi) is 4.26. The van der Waals surface area contributed by atoms with E-state index in [0.717, 1.165) is 11.3 Å². The van der Waals surface area contributed by atoms with Crippen molar-refractivity contribution in [2.45, 2.75) is 19.3 Å². The Morgan fingerprint density at radius 2 is 2.09 bits per heavy atom. The summed E-state index contributed by atoms with van der Waals surface area (Å²) in [5, 5.41) is 16.7. The van der Waals surface area contributed by atoms with Gasteiger partial charge in [-0.2, -0.15) is 10.4 Å². The number of hydrogen-bond acceptors (Lipinski definition) is 4. The monoisotopic (exact) mass is 327 g/mol. The summed E-state index contributed by atoms with van der Waals surface area (Å²) in [6.07, 6.45) is 3.56. The van der Waals surface area contributed by atoms with Gasteiger partial charge < -0.3 is 0 Å². The zero-order valence-electron chi connectivity index (χ0n) is 12.3. The first kappa shape index (κ1) is 15.4. The molecule has 116 valence electrons. The van der Waals surface area contributed by atoms with Crippen molar-refractivity contribution in [2.75, 3.05) is 0 Å². The number of carbonyl (C=O) groups is 2. The number of aromatic amines is 1. The van der Waals surface area contributed by atoms with Gasteiger partial charge in [0.1, 0.15) is 0 Å². The third-order valence-corrected chi connectivity index (χ3v) is 4.48. The van der Waals surface area contributed by atoms with Crippen molar-refractivity contribution < 1.29 is 9.59 Å². The maximum atomic E-state index is 12.6. The fraction of sp³-hybridized carbons (Fsp3) is 0.294. The minimum atomic E-state index is -1.27. The first-order valence-electron chi connectivity index (χ1n) is 7.34. The van der Waals surface area contributed by atoms with Crippen LogP contribution in [-0.2, 0) is 17.6 Å². The number of hydrogen-bond donors (Lipinski definition) is 1. The molecule has 1 heterocycles. The van der Waals surface area contributed by atoms with Crippen molar-refractivity contribution >= 4 is 23.2 Å². The van der Waals surface area contributed by atoms with Crippen LogP contribution < -0.4 is 0 Å². The van der Waals surface area contributed by atoms with E-state index in [1.54, 1.807) is 18.3 Å². The molecule has 2 unspecified atom stereocenters. The van der Waals surface area contributed by atoms with Crippen LogP contribution in [-0.4, -0.2) is 21.8 Å². The minimum Gasteiger partial charge on any atom is -0.297 e. The Morgan fingerprint density at radius 3 is 2.78 bits per heavy atom.